The van der Waals surface area contributed by atoms with Crippen molar-refractivity contribution >= 4 is 10.1 Å². The van der Waals surface area contributed by atoms with Crippen LogP contribution in [0.1, 0.15) is 5.56 Å². The smallest absolute Gasteiger partial charge is 0.294 e. The van der Waals surface area contributed by atoms with Crippen molar-refractivity contribution in [1.82, 2.24) is 0 Å². The number of ether oxygens (including phenoxy) is 1. The van der Waals surface area contributed by atoms with Gasteiger partial charge in [0.05, 0.1) is 11.5 Å². The summed E-state index contributed by atoms with van der Waals surface area (Å²) < 4.78 is 34.8. The third kappa shape index (κ3) is 3.17. The van der Waals surface area contributed by atoms with Crippen LogP contribution in [-0.4, -0.2) is 30.0 Å². The molecular formula is C8H10O6S. The molecule has 0 aromatic heterocycles. The van der Waals surface area contributed by atoms with E-state index in [0.717, 1.165) is 18.2 Å². The minimum absolute atomic E-state index is 0.147. The number of aliphatic hydroxyl groups excluding tert-OH is 1. The van der Waals surface area contributed by atoms with Gasteiger partial charge in [0.1, 0.15) is 12.5 Å². The second-order valence-corrected chi connectivity index (χ2v) is 4.16. The Labute approximate surface area is 86.5 Å². The van der Waals surface area contributed by atoms with Crippen LogP contribution in [0.5, 0.6) is 5.75 Å². The maximum Gasteiger partial charge on any atom is 0.294 e. The molecule has 0 spiro atoms. The Balaban J connectivity index is 3.06. The van der Waals surface area contributed by atoms with Gasteiger partial charge in [-0.25, -0.2) is 0 Å². The Hall–Kier alpha value is -1.15. The first kappa shape index (κ1) is 11.9. The zero-order valence-corrected chi connectivity index (χ0v) is 8.44. The number of phenols is 1. The molecule has 0 unspecified atom stereocenters. The number of aliphatic hydroxyl groups is 1. The summed E-state index contributed by atoms with van der Waals surface area (Å²) in [7, 11) is -4.30. The molecule has 84 valence electrons. The minimum atomic E-state index is -4.30. The highest BCUT2D eigenvalue weighted by Gasteiger charge is 2.12. The van der Waals surface area contributed by atoms with E-state index in [1.165, 1.54) is 0 Å². The molecule has 0 aliphatic heterocycles. The maximum absolute atomic E-state index is 10.8. The number of rotatable bonds is 4. The summed E-state index contributed by atoms with van der Waals surface area (Å²) in [5, 5.41) is 17.7. The van der Waals surface area contributed by atoms with Crippen LogP contribution in [0, 0.1) is 0 Å². The van der Waals surface area contributed by atoms with Crippen molar-refractivity contribution in [3.05, 3.63) is 23.8 Å². The molecule has 0 aliphatic rings. The largest absolute Gasteiger partial charge is 0.508 e. The van der Waals surface area contributed by atoms with E-state index < -0.39 is 16.9 Å². The van der Waals surface area contributed by atoms with Crippen molar-refractivity contribution in [2.24, 2.45) is 0 Å². The van der Waals surface area contributed by atoms with E-state index in [1.54, 1.807) is 0 Å². The van der Waals surface area contributed by atoms with Crippen molar-refractivity contribution in [3.63, 3.8) is 0 Å². The highest BCUT2D eigenvalue weighted by Crippen LogP contribution is 2.21. The molecule has 6 nitrogen and oxygen atoms in total. The van der Waals surface area contributed by atoms with Gasteiger partial charge in [0, 0.05) is 5.56 Å². The van der Waals surface area contributed by atoms with E-state index in [4.69, 9.17) is 9.66 Å². The Morgan fingerprint density at radius 2 is 2.00 bits per heavy atom. The van der Waals surface area contributed by atoms with Gasteiger partial charge >= 0.3 is 0 Å². The van der Waals surface area contributed by atoms with E-state index in [9.17, 15) is 13.5 Å². The van der Waals surface area contributed by atoms with Gasteiger partial charge in [-0.2, -0.15) is 8.42 Å². The van der Waals surface area contributed by atoms with Crippen molar-refractivity contribution < 1.29 is 27.9 Å². The zero-order chi connectivity index (χ0) is 11.5. The first-order valence-electron chi connectivity index (χ1n) is 3.93. The second-order valence-electron chi connectivity index (χ2n) is 2.74. The van der Waals surface area contributed by atoms with Crippen molar-refractivity contribution in [2.75, 3.05) is 6.79 Å². The summed E-state index contributed by atoms with van der Waals surface area (Å²) >= 11 is 0. The molecule has 1 aromatic rings. The van der Waals surface area contributed by atoms with Gasteiger partial charge in [0.15, 0.2) is 0 Å². The topological polar surface area (TPSA) is 104 Å². The van der Waals surface area contributed by atoms with Gasteiger partial charge in [0.25, 0.3) is 10.1 Å². The SMILES string of the molecule is O=S(=O)(O)c1ccc(O)c(COCO)c1. The van der Waals surface area contributed by atoms with Crippen LogP contribution in [-0.2, 0) is 21.5 Å². The van der Waals surface area contributed by atoms with Gasteiger partial charge in [-0.05, 0) is 18.2 Å². The van der Waals surface area contributed by atoms with Gasteiger partial charge in [0.2, 0.25) is 0 Å². The summed E-state index contributed by atoms with van der Waals surface area (Å²) in [5.74, 6) is -0.171. The average molecular weight is 234 g/mol. The molecule has 1 aromatic carbocycles. The lowest BCUT2D eigenvalue weighted by Crippen LogP contribution is -2.00. The van der Waals surface area contributed by atoms with E-state index in [1.807, 2.05) is 0 Å². The van der Waals surface area contributed by atoms with Gasteiger partial charge < -0.3 is 14.9 Å². The highest BCUT2D eigenvalue weighted by molar-refractivity contribution is 7.85. The molecule has 1 rings (SSSR count). The molecule has 0 atom stereocenters. The number of benzene rings is 1. The monoisotopic (exact) mass is 234 g/mol. The maximum atomic E-state index is 10.8. The summed E-state index contributed by atoms with van der Waals surface area (Å²) in [6.07, 6.45) is 0. The normalized spacial score (nSPS) is 11.6. The quantitative estimate of drug-likeness (QED) is 0.504. The molecule has 3 N–H and O–H groups in total. The fourth-order valence-electron chi connectivity index (χ4n) is 0.994. The van der Waals surface area contributed by atoms with E-state index >= 15 is 0 Å². The lowest BCUT2D eigenvalue weighted by atomic mass is 10.2. The Kier molecular flexibility index (Phi) is 3.64. The standard InChI is InChI=1S/C8H10O6S/c9-5-14-4-6-3-7(15(11,12)13)1-2-8(6)10/h1-3,9-10H,4-5H2,(H,11,12,13). The Morgan fingerprint density at radius 1 is 1.33 bits per heavy atom. The summed E-state index contributed by atoms with van der Waals surface area (Å²) in [6, 6.07) is 3.26. The van der Waals surface area contributed by atoms with Crippen LogP contribution < -0.4 is 0 Å². The lowest BCUT2D eigenvalue weighted by Gasteiger charge is -2.05. The summed E-state index contributed by atoms with van der Waals surface area (Å²) in [6.45, 7) is -0.693. The third-order valence-electron chi connectivity index (χ3n) is 1.70. The minimum Gasteiger partial charge on any atom is -0.508 e. The average Bonchev–Trinajstić information content (AvgIpc) is 2.15. The lowest BCUT2D eigenvalue weighted by molar-refractivity contribution is -0.0118. The molecule has 0 fully saturated rings. The molecule has 0 heterocycles. The Morgan fingerprint density at radius 3 is 2.53 bits per heavy atom. The highest BCUT2D eigenvalue weighted by atomic mass is 32.2. The molecule has 0 amide bonds. The molecule has 0 radical (unpaired) electrons. The van der Waals surface area contributed by atoms with E-state index in [-0.39, 0.29) is 22.8 Å². The predicted octanol–water partition coefficient (Wildman–Crippen LogP) is 0.105. The molecular weight excluding hydrogens is 224 g/mol. The van der Waals surface area contributed by atoms with Crippen LogP contribution in [0.2, 0.25) is 0 Å². The molecule has 0 saturated heterocycles. The molecule has 7 heteroatoms. The van der Waals surface area contributed by atoms with E-state index in [2.05, 4.69) is 4.74 Å². The third-order valence-corrected chi connectivity index (χ3v) is 2.55. The van der Waals surface area contributed by atoms with Gasteiger partial charge in [-0.3, -0.25) is 4.55 Å². The molecule has 0 saturated carbocycles. The van der Waals surface area contributed by atoms with Crippen LogP contribution in [0.25, 0.3) is 0 Å². The van der Waals surface area contributed by atoms with Crippen molar-refractivity contribution in [2.45, 2.75) is 11.5 Å². The van der Waals surface area contributed by atoms with Crippen LogP contribution >= 0.6 is 0 Å². The molecule has 0 bridgehead atoms. The number of hydrogen-bond acceptors (Lipinski definition) is 5. The van der Waals surface area contributed by atoms with Gasteiger partial charge in [-0.15, -0.1) is 0 Å². The number of aromatic hydroxyl groups is 1. The van der Waals surface area contributed by atoms with Crippen LogP contribution in [0.15, 0.2) is 23.1 Å². The fraction of sp³-hybridized carbons (Fsp3) is 0.250. The van der Waals surface area contributed by atoms with E-state index in [0.29, 0.717) is 0 Å². The molecule has 0 aliphatic carbocycles. The van der Waals surface area contributed by atoms with Crippen molar-refractivity contribution in [3.8, 4) is 5.75 Å². The number of phenolic OH excluding ortho intramolecular Hbond substituents is 1. The van der Waals surface area contributed by atoms with Gasteiger partial charge in [-0.1, -0.05) is 0 Å². The van der Waals surface area contributed by atoms with Crippen molar-refractivity contribution in [1.29, 1.82) is 0 Å². The first-order valence-corrected chi connectivity index (χ1v) is 5.37. The fourth-order valence-corrected chi connectivity index (χ4v) is 1.52. The number of hydrogen-bond donors (Lipinski definition) is 3. The summed E-state index contributed by atoms with van der Waals surface area (Å²) in [5.41, 5.74) is 0.166. The van der Waals surface area contributed by atoms with Crippen LogP contribution in [0.4, 0.5) is 0 Å². The Bertz CT molecular complexity index is 438. The zero-order valence-electron chi connectivity index (χ0n) is 7.62. The first-order chi connectivity index (χ1) is 6.95. The molecule has 15 heavy (non-hydrogen) atoms. The summed E-state index contributed by atoms with van der Waals surface area (Å²) in [4.78, 5) is -0.336. The van der Waals surface area contributed by atoms with Crippen LogP contribution in [0.3, 0.4) is 0 Å². The predicted molar refractivity (Wildman–Crippen MR) is 49.8 cm³/mol. The second kappa shape index (κ2) is 4.58.